The number of nitrogens with one attached hydrogen (secondary N) is 2. The summed E-state index contributed by atoms with van der Waals surface area (Å²) in [5.74, 6) is -3.53. The quantitative estimate of drug-likeness (QED) is 0.342. The molecule has 1 aromatic rings. The Labute approximate surface area is 163 Å². The molecule has 3 amide bonds. The van der Waals surface area contributed by atoms with Gasteiger partial charge in [-0.25, -0.2) is 4.79 Å². The van der Waals surface area contributed by atoms with Gasteiger partial charge in [-0.2, -0.15) is 0 Å². The van der Waals surface area contributed by atoms with Crippen LogP contribution in [0.2, 0.25) is 0 Å². The van der Waals surface area contributed by atoms with E-state index in [-0.39, 0.29) is 18.8 Å². The molecule has 0 aliphatic rings. The Morgan fingerprint density at radius 1 is 1.07 bits per heavy atom. The van der Waals surface area contributed by atoms with Crippen molar-refractivity contribution < 1.29 is 24.3 Å². The van der Waals surface area contributed by atoms with Crippen LogP contribution in [0.4, 0.5) is 0 Å². The first-order valence-electron chi connectivity index (χ1n) is 9.07. The van der Waals surface area contributed by atoms with Gasteiger partial charge in [0.2, 0.25) is 17.7 Å². The molecule has 0 aliphatic heterocycles. The number of carboxylic acid groups (broad SMARTS) is 1. The van der Waals surface area contributed by atoms with Gasteiger partial charge in [0.05, 0.1) is 12.5 Å². The summed E-state index contributed by atoms with van der Waals surface area (Å²) in [6, 6.07) is 5.55. The van der Waals surface area contributed by atoms with Crippen molar-refractivity contribution in [1.82, 2.24) is 10.6 Å². The average Bonchev–Trinajstić information content (AvgIpc) is 2.64. The maximum atomic E-state index is 12.7. The number of primary amides is 1. The minimum absolute atomic E-state index is 0.101. The molecular formula is C19H28N4O5. The average molecular weight is 392 g/mol. The lowest BCUT2D eigenvalue weighted by Gasteiger charge is -2.26. The van der Waals surface area contributed by atoms with E-state index in [2.05, 4.69) is 10.6 Å². The number of hydrogen-bond acceptors (Lipinski definition) is 5. The van der Waals surface area contributed by atoms with E-state index in [4.69, 9.17) is 11.5 Å². The predicted octanol–water partition coefficient (Wildman–Crippen LogP) is -0.468. The molecule has 7 N–H and O–H groups in total. The molecule has 0 spiro atoms. The van der Waals surface area contributed by atoms with Gasteiger partial charge in [0.25, 0.3) is 0 Å². The monoisotopic (exact) mass is 392 g/mol. The third kappa shape index (κ3) is 7.36. The van der Waals surface area contributed by atoms with Gasteiger partial charge in [0, 0.05) is 6.42 Å². The van der Waals surface area contributed by atoms with Crippen LogP contribution in [0.5, 0.6) is 0 Å². The predicted molar refractivity (Wildman–Crippen MR) is 103 cm³/mol. The van der Waals surface area contributed by atoms with Crippen LogP contribution in [0, 0.1) is 5.92 Å². The summed E-state index contributed by atoms with van der Waals surface area (Å²) >= 11 is 0. The number of rotatable bonds is 11. The van der Waals surface area contributed by atoms with E-state index < -0.39 is 41.8 Å². The molecule has 4 atom stereocenters. The smallest absolute Gasteiger partial charge is 0.326 e. The summed E-state index contributed by atoms with van der Waals surface area (Å²) in [5.41, 5.74) is 11.4. The van der Waals surface area contributed by atoms with Crippen LogP contribution < -0.4 is 22.1 Å². The van der Waals surface area contributed by atoms with Crippen LogP contribution >= 0.6 is 0 Å². The lowest BCUT2D eigenvalue weighted by Crippen LogP contribution is -2.57. The SMILES string of the molecule is CCC(C)C(NC(=O)C(N)CC(N)=O)C(=O)NC(Cc1ccccc1)C(=O)O. The van der Waals surface area contributed by atoms with Crippen LogP contribution in [-0.4, -0.2) is 46.9 Å². The molecule has 1 rings (SSSR count). The highest BCUT2D eigenvalue weighted by Crippen LogP contribution is 2.10. The van der Waals surface area contributed by atoms with Gasteiger partial charge >= 0.3 is 5.97 Å². The van der Waals surface area contributed by atoms with Crippen LogP contribution in [-0.2, 0) is 25.6 Å². The van der Waals surface area contributed by atoms with E-state index in [0.717, 1.165) is 5.56 Å². The highest BCUT2D eigenvalue weighted by atomic mass is 16.4. The Kier molecular flexibility index (Phi) is 9.10. The highest BCUT2D eigenvalue weighted by molar-refractivity contribution is 5.93. The Bertz CT molecular complexity index is 695. The van der Waals surface area contributed by atoms with Crippen LogP contribution in [0.25, 0.3) is 0 Å². The summed E-state index contributed by atoms with van der Waals surface area (Å²) in [4.78, 5) is 47.4. The number of nitrogens with two attached hydrogens (primary N) is 2. The lowest BCUT2D eigenvalue weighted by molar-refractivity contribution is -0.142. The zero-order chi connectivity index (χ0) is 21.3. The molecule has 4 unspecified atom stereocenters. The van der Waals surface area contributed by atoms with Crippen molar-refractivity contribution in [1.29, 1.82) is 0 Å². The van der Waals surface area contributed by atoms with E-state index in [1.165, 1.54) is 0 Å². The third-order valence-electron chi connectivity index (χ3n) is 4.45. The molecule has 0 bridgehead atoms. The van der Waals surface area contributed by atoms with E-state index in [9.17, 15) is 24.3 Å². The van der Waals surface area contributed by atoms with Crippen molar-refractivity contribution in [3.8, 4) is 0 Å². The molecule has 0 aromatic heterocycles. The molecule has 9 heteroatoms. The molecular weight excluding hydrogens is 364 g/mol. The second kappa shape index (κ2) is 11.0. The van der Waals surface area contributed by atoms with Crippen molar-refractivity contribution in [2.45, 2.75) is 51.2 Å². The molecule has 0 saturated carbocycles. The van der Waals surface area contributed by atoms with Crippen molar-refractivity contribution in [3.63, 3.8) is 0 Å². The Balaban J connectivity index is 2.88. The number of hydrogen-bond donors (Lipinski definition) is 5. The van der Waals surface area contributed by atoms with E-state index in [1.54, 1.807) is 31.2 Å². The molecule has 154 valence electrons. The molecule has 1 aromatic carbocycles. The first kappa shape index (κ1) is 23.1. The Hall–Kier alpha value is -2.94. The summed E-state index contributed by atoms with van der Waals surface area (Å²) < 4.78 is 0. The van der Waals surface area contributed by atoms with Crippen molar-refractivity contribution in [2.75, 3.05) is 0 Å². The number of amides is 3. The third-order valence-corrected chi connectivity index (χ3v) is 4.45. The van der Waals surface area contributed by atoms with Gasteiger partial charge in [-0.05, 0) is 11.5 Å². The fourth-order valence-corrected chi connectivity index (χ4v) is 2.58. The van der Waals surface area contributed by atoms with Crippen LogP contribution in [0.3, 0.4) is 0 Å². The second-order valence-corrected chi connectivity index (χ2v) is 6.74. The van der Waals surface area contributed by atoms with E-state index in [1.807, 2.05) is 13.0 Å². The molecule has 0 fully saturated rings. The van der Waals surface area contributed by atoms with Gasteiger partial charge in [-0.1, -0.05) is 50.6 Å². The first-order valence-corrected chi connectivity index (χ1v) is 9.07. The zero-order valence-corrected chi connectivity index (χ0v) is 16.1. The minimum Gasteiger partial charge on any atom is -0.480 e. The summed E-state index contributed by atoms with van der Waals surface area (Å²) in [5, 5.41) is 14.4. The van der Waals surface area contributed by atoms with Gasteiger partial charge < -0.3 is 27.2 Å². The number of carbonyl (C=O) groups excluding carboxylic acids is 3. The van der Waals surface area contributed by atoms with Crippen LogP contribution in [0.1, 0.15) is 32.3 Å². The molecule has 0 heterocycles. The first-order chi connectivity index (χ1) is 13.1. The molecule has 9 nitrogen and oxygen atoms in total. The summed E-state index contributed by atoms with van der Waals surface area (Å²) in [7, 11) is 0. The molecule has 0 aliphatic carbocycles. The van der Waals surface area contributed by atoms with Crippen molar-refractivity contribution in [2.24, 2.45) is 17.4 Å². The molecule has 0 saturated heterocycles. The summed E-state index contributed by atoms with van der Waals surface area (Å²) in [6.45, 7) is 3.58. The standard InChI is InChI=1S/C19H28N4O5/c1-3-11(2)16(23-17(25)13(20)10-15(21)24)18(26)22-14(19(27)28)9-12-7-5-4-6-8-12/h4-8,11,13-14,16H,3,9-10,20H2,1-2H3,(H2,21,24)(H,22,26)(H,23,25)(H,27,28). The largest absolute Gasteiger partial charge is 0.480 e. The number of carboxylic acids is 1. The van der Waals surface area contributed by atoms with Crippen LogP contribution in [0.15, 0.2) is 30.3 Å². The maximum Gasteiger partial charge on any atom is 0.326 e. The fourth-order valence-electron chi connectivity index (χ4n) is 2.58. The fraction of sp³-hybridized carbons (Fsp3) is 0.474. The minimum atomic E-state index is -1.18. The Morgan fingerprint density at radius 2 is 1.68 bits per heavy atom. The highest BCUT2D eigenvalue weighted by Gasteiger charge is 2.31. The van der Waals surface area contributed by atoms with E-state index in [0.29, 0.717) is 6.42 Å². The number of carbonyl (C=O) groups is 4. The van der Waals surface area contributed by atoms with Gasteiger partial charge in [-0.3, -0.25) is 14.4 Å². The normalized spacial score (nSPS) is 15.0. The van der Waals surface area contributed by atoms with Gasteiger partial charge in [0.1, 0.15) is 12.1 Å². The number of aliphatic carboxylic acids is 1. The molecule has 0 radical (unpaired) electrons. The maximum absolute atomic E-state index is 12.7. The zero-order valence-electron chi connectivity index (χ0n) is 16.1. The second-order valence-electron chi connectivity index (χ2n) is 6.74. The Morgan fingerprint density at radius 3 is 2.18 bits per heavy atom. The van der Waals surface area contributed by atoms with Crippen molar-refractivity contribution >= 4 is 23.7 Å². The van der Waals surface area contributed by atoms with E-state index >= 15 is 0 Å². The lowest BCUT2D eigenvalue weighted by atomic mass is 9.96. The number of benzene rings is 1. The summed E-state index contributed by atoms with van der Waals surface area (Å²) in [6.07, 6.45) is 0.302. The van der Waals surface area contributed by atoms with Gasteiger partial charge in [-0.15, -0.1) is 0 Å². The van der Waals surface area contributed by atoms with Gasteiger partial charge in [0.15, 0.2) is 0 Å². The topological polar surface area (TPSA) is 165 Å². The van der Waals surface area contributed by atoms with Crippen molar-refractivity contribution in [3.05, 3.63) is 35.9 Å². The molecule has 28 heavy (non-hydrogen) atoms.